The number of esters is 1. The van der Waals surface area contributed by atoms with Crippen molar-refractivity contribution in [3.8, 4) is 0 Å². The summed E-state index contributed by atoms with van der Waals surface area (Å²) in [5, 5.41) is 11.5. The van der Waals surface area contributed by atoms with E-state index in [1.165, 1.54) is 11.1 Å². The van der Waals surface area contributed by atoms with E-state index in [2.05, 4.69) is 19.6 Å². The van der Waals surface area contributed by atoms with Gasteiger partial charge in [0.1, 0.15) is 0 Å². The molecule has 0 aliphatic heterocycles. The third-order valence-electron chi connectivity index (χ3n) is 8.91. The van der Waals surface area contributed by atoms with Crippen LogP contribution in [0.25, 0.3) is 9.69 Å². The van der Waals surface area contributed by atoms with Gasteiger partial charge < -0.3 is 42.7 Å². The Labute approximate surface area is 484 Å². The molecule has 2 unspecified atom stereocenters. The Bertz CT molecular complexity index is 2220. The molecular formula is C60H88B6N6O6. The molecule has 412 valence electrons. The Morgan fingerprint density at radius 1 is 0.526 bits per heavy atom. The first-order chi connectivity index (χ1) is 31.9. The number of nitrogens with two attached hydrogens (primary N) is 2. The van der Waals surface area contributed by atoms with Crippen molar-refractivity contribution in [1.29, 1.82) is 0 Å². The molecule has 78 heavy (non-hydrogen) atoms. The van der Waals surface area contributed by atoms with E-state index in [0.717, 1.165) is 29.2 Å². The number of carbonyl (C=O) groups excluding carboxylic acids is 3. The molecule has 0 fully saturated rings. The summed E-state index contributed by atoms with van der Waals surface area (Å²) in [6.07, 6.45) is 0. The van der Waals surface area contributed by atoms with Crippen LogP contribution in [0.2, 0.25) is 0 Å². The van der Waals surface area contributed by atoms with Gasteiger partial charge >= 0.3 is 12.4 Å². The number of benzene rings is 6. The molecule has 10 N–H and O–H groups in total. The molecule has 0 heterocycles. The minimum absolute atomic E-state index is 0. The first kappa shape index (κ1) is 103. The van der Waals surface area contributed by atoms with Crippen LogP contribution in [0.3, 0.4) is 0 Å². The quantitative estimate of drug-likeness (QED) is 0.0138. The maximum absolute atomic E-state index is 10.6. The van der Waals surface area contributed by atoms with Crippen molar-refractivity contribution in [2.24, 2.45) is 16.6 Å². The lowest BCUT2D eigenvalue weighted by atomic mass is 9.96. The summed E-state index contributed by atoms with van der Waals surface area (Å²) in [7, 11) is 0. The summed E-state index contributed by atoms with van der Waals surface area (Å²) in [5.74, 6) is -0.458. The largest absolute Gasteiger partial charge is 0.412 e. The van der Waals surface area contributed by atoms with Crippen LogP contribution >= 0.6 is 0 Å². The van der Waals surface area contributed by atoms with E-state index in [-0.39, 0.29) is 120 Å². The molecule has 0 aliphatic carbocycles. The molecule has 0 aromatic heterocycles. The maximum Gasteiger partial charge on any atom is 0.310 e. The van der Waals surface area contributed by atoms with Gasteiger partial charge in [-0.3, -0.25) is 14.4 Å². The van der Waals surface area contributed by atoms with Crippen molar-refractivity contribution in [2.45, 2.75) is 122 Å². The lowest BCUT2D eigenvalue weighted by Gasteiger charge is -2.10. The first-order valence-corrected chi connectivity index (χ1v) is 21.8. The molecular weight excluding hydrogens is 966 g/mol. The second-order valence-electron chi connectivity index (χ2n) is 15.2. The number of hydrogen-bond acceptors (Lipinski definition) is 9. The van der Waals surface area contributed by atoms with Gasteiger partial charge in [0.05, 0.1) is 5.71 Å². The van der Waals surface area contributed by atoms with Gasteiger partial charge in [0, 0.05) is 114 Å². The Kier molecular flexibility index (Phi) is 82.5. The van der Waals surface area contributed by atoms with Crippen molar-refractivity contribution in [2.75, 3.05) is 0 Å². The molecule has 0 amide bonds. The van der Waals surface area contributed by atoms with E-state index < -0.39 is 5.97 Å². The van der Waals surface area contributed by atoms with Crippen LogP contribution in [0.15, 0.2) is 187 Å². The highest BCUT2D eigenvalue weighted by molar-refractivity contribution is 5.98. The van der Waals surface area contributed by atoms with E-state index >= 15 is 0 Å². The topological polar surface area (TPSA) is 220 Å². The summed E-state index contributed by atoms with van der Waals surface area (Å²) in [6, 6.07) is 58.9. The summed E-state index contributed by atoms with van der Waals surface area (Å²) in [4.78, 5) is 36.5. The van der Waals surface area contributed by atoms with Crippen LogP contribution < -0.4 is 17.6 Å². The molecule has 0 saturated heterocycles. The Hall–Kier alpha value is -7.19. The molecule has 12 nitrogen and oxygen atoms in total. The predicted molar refractivity (Wildman–Crippen MR) is 340 cm³/mol. The van der Waals surface area contributed by atoms with Gasteiger partial charge in [0.25, 0.3) is 11.1 Å². The van der Waals surface area contributed by atoms with E-state index in [1.807, 2.05) is 237 Å². The van der Waals surface area contributed by atoms with Gasteiger partial charge in [-0.1, -0.05) is 223 Å². The number of hydrogen-bond donors (Lipinski definition) is 4. The molecule has 6 aromatic carbocycles. The van der Waals surface area contributed by atoms with Crippen LogP contribution in [-0.4, -0.2) is 85.1 Å². The standard InChI is InChI=1S/2C10H11N.C8H9NO.2C8H11N.C8H8O.C3H4O3.C2H6.3CH4.6B.H3N.H2O/c2*1-10(2,11-3)9-7-5-4-6-8-9;1-7(9-10)8-5-3-2-4-6-8;3*1-7(9)8-5-3-2-4-6-8;1-3(5)6-2-4;1-2;;;;;;;;;;;/h2*4-8H,1-2H3;2-6,10H,1H3;2*2-7H,9H2,1H3;2-6H,1H3;2H,1H3;1-2H3;3*1H4;;;;;;;1H3;1H2. The monoisotopic (exact) mass is 1050 g/mol. The van der Waals surface area contributed by atoms with Gasteiger partial charge in [0.15, 0.2) is 5.78 Å². The fraction of sp³-hybridized carbons (Fsp3) is 0.300. The average Bonchev–Trinajstić information content (AvgIpc) is 3.37. The second-order valence-corrected chi connectivity index (χ2v) is 15.2. The Morgan fingerprint density at radius 3 is 0.910 bits per heavy atom. The van der Waals surface area contributed by atoms with Crippen molar-refractivity contribution < 1.29 is 29.8 Å². The predicted octanol–water partition coefficient (Wildman–Crippen LogP) is 12.6. The molecule has 0 saturated carbocycles. The third-order valence-corrected chi connectivity index (χ3v) is 8.91. The zero-order valence-corrected chi connectivity index (χ0v) is 45.8. The number of oxime groups is 1. The summed E-state index contributed by atoms with van der Waals surface area (Å²) in [6.45, 7) is 34.2. The van der Waals surface area contributed by atoms with Crippen LogP contribution in [0.1, 0.15) is 149 Å². The van der Waals surface area contributed by atoms with Crippen molar-refractivity contribution >= 4 is 74.4 Å². The lowest BCUT2D eigenvalue weighted by molar-refractivity contribution is -0.149. The number of rotatable bonds is 7. The average molecular weight is 1050 g/mol. The van der Waals surface area contributed by atoms with Crippen LogP contribution in [0, 0.1) is 13.1 Å². The number of Topliss-reactive ketones (excluding diaryl/α,β-unsaturated/α-hetero) is 1. The van der Waals surface area contributed by atoms with E-state index in [9.17, 15) is 14.4 Å². The summed E-state index contributed by atoms with van der Waals surface area (Å²) >= 11 is 0. The minimum Gasteiger partial charge on any atom is -0.412 e. The molecule has 0 bridgehead atoms. The highest BCUT2D eigenvalue weighted by atomic mass is 16.6. The fourth-order valence-electron chi connectivity index (χ4n) is 4.81. The molecule has 18 heteroatoms. The highest BCUT2D eigenvalue weighted by Gasteiger charge is 2.25. The number of ether oxygens (including phenoxy) is 1. The SMILES string of the molecule is C.C.C.CC.CC(=NO)c1ccccc1.CC(=O)OC=O.CC(=O)c1ccccc1.CC(N)c1ccccc1.CC(N)c1ccccc1.N.O.[B].[B].[B].[B].[B].[B].[C-]#[N+]C(C)(C)c1ccccc1.[C-]#[N+]C(C)(C)c1ccccc1. The van der Waals surface area contributed by atoms with E-state index in [1.54, 1.807) is 13.8 Å². The highest BCUT2D eigenvalue weighted by Crippen LogP contribution is 2.24. The Morgan fingerprint density at radius 2 is 0.756 bits per heavy atom. The smallest absolute Gasteiger partial charge is 0.310 e. The summed E-state index contributed by atoms with van der Waals surface area (Å²) in [5.41, 5.74) is 17.4. The molecule has 6 aromatic rings. The number of carbonyl (C=O) groups is 3. The first-order valence-electron chi connectivity index (χ1n) is 21.8. The van der Waals surface area contributed by atoms with Gasteiger partial charge in [-0.25, -0.2) is 13.1 Å². The minimum atomic E-state index is -0.579. The van der Waals surface area contributed by atoms with E-state index in [0.29, 0.717) is 5.71 Å². The Balaban J connectivity index is -0.0000000561. The molecule has 6 rings (SSSR count). The molecule has 0 spiro atoms. The third kappa shape index (κ3) is 49.7. The summed E-state index contributed by atoms with van der Waals surface area (Å²) < 4.78 is 3.72. The number of nitrogens with zero attached hydrogens (tertiary/aromatic N) is 3. The number of ketones is 1. The molecule has 0 aliphatic rings. The van der Waals surface area contributed by atoms with Gasteiger partial charge in [-0.2, -0.15) is 0 Å². The van der Waals surface area contributed by atoms with Crippen molar-refractivity contribution in [1.82, 2.24) is 6.15 Å². The van der Waals surface area contributed by atoms with Crippen molar-refractivity contribution in [3.63, 3.8) is 0 Å². The van der Waals surface area contributed by atoms with Gasteiger partial charge in [0.2, 0.25) is 0 Å². The lowest BCUT2D eigenvalue weighted by Crippen LogP contribution is -2.10. The van der Waals surface area contributed by atoms with Gasteiger partial charge in [-0.15, -0.1) is 0 Å². The molecule has 18 radical (unpaired) electrons. The van der Waals surface area contributed by atoms with Gasteiger partial charge in [-0.05, 0) is 44.4 Å². The second kappa shape index (κ2) is 62.3. The van der Waals surface area contributed by atoms with Crippen LogP contribution in [-0.2, 0) is 25.4 Å². The van der Waals surface area contributed by atoms with Crippen LogP contribution in [0.5, 0.6) is 0 Å². The van der Waals surface area contributed by atoms with Crippen LogP contribution in [0.4, 0.5) is 0 Å². The normalized spacial score (nSPS) is 9.14. The van der Waals surface area contributed by atoms with Crippen molar-refractivity contribution in [3.05, 3.63) is 238 Å². The zero-order chi connectivity index (χ0) is 51.1. The fourth-order valence-corrected chi connectivity index (χ4v) is 4.81. The maximum atomic E-state index is 10.6. The molecule has 2 atom stereocenters. The zero-order valence-electron chi connectivity index (χ0n) is 45.8. The van der Waals surface area contributed by atoms with E-state index in [4.69, 9.17) is 29.8 Å².